The van der Waals surface area contributed by atoms with Crippen molar-refractivity contribution >= 4 is 5.78 Å². The summed E-state index contributed by atoms with van der Waals surface area (Å²) in [5, 5.41) is 9.62. The highest BCUT2D eigenvalue weighted by atomic mass is 16.1. The summed E-state index contributed by atoms with van der Waals surface area (Å²) in [6.45, 7) is 8.32. The van der Waals surface area contributed by atoms with Crippen molar-refractivity contribution in [3.63, 3.8) is 0 Å². The molecule has 4 rings (SSSR count). The van der Waals surface area contributed by atoms with Gasteiger partial charge in [0.1, 0.15) is 0 Å². The van der Waals surface area contributed by atoms with Crippen LogP contribution in [0.2, 0.25) is 0 Å². The van der Waals surface area contributed by atoms with Crippen molar-refractivity contribution in [3.8, 4) is 6.07 Å². The highest BCUT2D eigenvalue weighted by Crippen LogP contribution is 2.64. The Balaban J connectivity index is 0.000000815. The molecule has 4 aliphatic carbocycles. The number of ketones is 1. The van der Waals surface area contributed by atoms with Gasteiger partial charge in [-0.3, -0.25) is 4.79 Å². The Bertz CT molecular complexity index is 571. The molecular formula is C22H31NO. The van der Waals surface area contributed by atoms with E-state index in [2.05, 4.69) is 26.2 Å². The van der Waals surface area contributed by atoms with Gasteiger partial charge in [0.25, 0.3) is 0 Å². The summed E-state index contributed by atoms with van der Waals surface area (Å²) in [6, 6.07) is 2.66. The van der Waals surface area contributed by atoms with E-state index in [1.807, 2.05) is 6.08 Å². The Morgan fingerprint density at radius 3 is 2.67 bits per heavy atom. The topological polar surface area (TPSA) is 40.9 Å². The quantitative estimate of drug-likeness (QED) is 0.601. The Kier molecular flexibility index (Phi) is 5.00. The lowest BCUT2D eigenvalue weighted by Gasteiger charge is -2.54. The number of nitrogens with zero attached hydrogens (tertiary/aromatic N) is 1. The number of carbonyl (C=O) groups excluding carboxylic acids is 1. The van der Waals surface area contributed by atoms with E-state index in [9.17, 15) is 10.1 Å². The zero-order valence-corrected chi connectivity index (χ0v) is 15.1. The number of fused-ring (bicyclic) bond motifs is 5. The van der Waals surface area contributed by atoms with E-state index in [0.717, 1.165) is 43.4 Å². The maximum Gasteiger partial charge on any atom is 0.155 e. The van der Waals surface area contributed by atoms with E-state index in [4.69, 9.17) is 0 Å². The first kappa shape index (κ1) is 17.5. The van der Waals surface area contributed by atoms with Crippen LogP contribution < -0.4 is 0 Å². The number of allylic oxidation sites excluding steroid dienone is 1. The Labute approximate surface area is 147 Å². The van der Waals surface area contributed by atoms with Crippen LogP contribution in [-0.4, -0.2) is 5.78 Å². The Morgan fingerprint density at radius 2 is 1.96 bits per heavy atom. The third-order valence-electron chi connectivity index (χ3n) is 7.83. The number of nitriles is 1. The molecule has 0 N–H and O–H groups in total. The molecule has 0 heterocycles. The molecule has 0 saturated heterocycles. The van der Waals surface area contributed by atoms with E-state index in [1.54, 1.807) is 0 Å². The van der Waals surface area contributed by atoms with Crippen molar-refractivity contribution in [1.82, 2.24) is 0 Å². The zero-order valence-electron chi connectivity index (χ0n) is 15.1. The highest BCUT2D eigenvalue weighted by molar-refractivity contribution is 5.91. The lowest BCUT2D eigenvalue weighted by Crippen LogP contribution is -2.47. The molecule has 0 aliphatic heterocycles. The third kappa shape index (κ3) is 2.48. The normalized spacial score (nSPS) is 43.2. The second-order valence-electron chi connectivity index (χ2n) is 8.19. The average Bonchev–Trinajstić information content (AvgIpc) is 3.02. The van der Waals surface area contributed by atoms with Crippen LogP contribution in [0.25, 0.3) is 0 Å². The largest absolute Gasteiger partial charge is 0.295 e. The fourth-order valence-electron chi connectivity index (χ4n) is 6.87. The van der Waals surface area contributed by atoms with Gasteiger partial charge in [0.05, 0.1) is 12.0 Å². The van der Waals surface area contributed by atoms with Crippen LogP contribution in [0.4, 0.5) is 0 Å². The second-order valence-corrected chi connectivity index (χ2v) is 8.19. The molecule has 130 valence electrons. The van der Waals surface area contributed by atoms with Crippen molar-refractivity contribution in [2.45, 2.75) is 64.7 Å². The second kappa shape index (κ2) is 6.87. The van der Waals surface area contributed by atoms with Crippen molar-refractivity contribution < 1.29 is 4.79 Å². The molecule has 24 heavy (non-hydrogen) atoms. The lowest BCUT2D eigenvalue weighted by atomic mass is 9.50. The molecule has 4 aliphatic rings. The summed E-state index contributed by atoms with van der Waals surface area (Å²) < 4.78 is 0. The SMILES string of the molecule is C=C.CCC12CCC3C4CCC(=O)C=C4CCC3C1CCC2C#N. The molecule has 6 unspecified atom stereocenters. The molecule has 6 atom stereocenters. The Morgan fingerprint density at radius 1 is 1.17 bits per heavy atom. The van der Waals surface area contributed by atoms with Crippen molar-refractivity contribution in [2.24, 2.45) is 35.0 Å². The summed E-state index contributed by atoms with van der Waals surface area (Å²) >= 11 is 0. The molecule has 3 fully saturated rings. The van der Waals surface area contributed by atoms with E-state index >= 15 is 0 Å². The minimum absolute atomic E-state index is 0.299. The van der Waals surface area contributed by atoms with Gasteiger partial charge in [0, 0.05) is 6.42 Å². The van der Waals surface area contributed by atoms with Crippen LogP contribution in [0.5, 0.6) is 0 Å². The van der Waals surface area contributed by atoms with E-state index in [0.29, 0.717) is 23.0 Å². The molecule has 0 aromatic rings. The summed E-state index contributed by atoms with van der Waals surface area (Å²) in [7, 11) is 0. The van der Waals surface area contributed by atoms with Gasteiger partial charge in [0.2, 0.25) is 0 Å². The summed E-state index contributed by atoms with van der Waals surface area (Å²) in [5.74, 6) is 3.74. The van der Waals surface area contributed by atoms with Crippen molar-refractivity contribution in [2.75, 3.05) is 0 Å². The summed E-state index contributed by atoms with van der Waals surface area (Å²) in [4.78, 5) is 11.7. The van der Waals surface area contributed by atoms with Gasteiger partial charge in [0.15, 0.2) is 5.78 Å². The standard InChI is InChI=1S/C20H27NO.C2H4/c1-2-20-10-9-17-16-7-5-15(22)11-13(16)3-6-18(17)19(20)8-4-14(20)12-21;1-2/h11,14,16-19H,2-10H2,1H3;1-2H2. The fourth-order valence-corrected chi connectivity index (χ4v) is 6.87. The van der Waals surface area contributed by atoms with E-state index in [-0.39, 0.29) is 0 Å². The molecule has 0 bridgehead atoms. The van der Waals surface area contributed by atoms with Gasteiger partial charge in [-0.05, 0) is 86.5 Å². The zero-order chi connectivity index (χ0) is 17.3. The maximum atomic E-state index is 11.7. The number of hydrogen-bond donors (Lipinski definition) is 0. The van der Waals surface area contributed by atoms with Gasteiger partial charge >= 0.3 is 0 Å². The molecule has 0 aromatic carbocycles. The highest BCUT2D eigenvalue weighted by Gasteiger charge is 2.57. The van der Waals surface area contributed by atoms with Gasteiger partial charge in [-0.15, -0.1) is 13.2 Å². The summed E-state index contributed by atoms with van der Waals surface area (Å²) in [6.07, 6.45) is 12.4. The van der Waals surface area contributed by atoms with Crippen LogP contribution in [0.15, 0.2) is 24.8 Å². The first-order chi connectivity index (χ1) is 11.7. The van der Waals surface area contributed by atoms with E-state index < -0.39 is 0 Å². The molecular weight excluding hydrogens is 294 g/mol. The number of carbonyl (C=O) groups is 1. The van der Waals surface area contributed by atoms with Gasteiger partial charge in [-0.1, -0.05) is 12.5 Å². The fraction of sp³-hybridized carbons (Fsp3) is 0.727. The van der Waals surface area contributed by atoms with E-state index in [1.165, 1.54) is 37.7 Å². The predicted octanol–water partition coefficient (Wildman–Crippen LogP) is 5.46. The number of hydrogen-bond acceptors (Lipinski definition) is 2. The van der Waals surface area contributed by atoms with Crippen LogP contribution in [0, 0.1) is 46.3 Å². The van der Waals surface area contributed by atoms with Gasteiger partial charge < -0.3 is 0 Å². The smallest absolute Gasteiger partial charge is 0.155 e. The molecule has 0 spiro atoms. The Hall–Kier alpha value is -1.36. The third-order valence-corrected chi connectivity index (χ3v) is 7.83. The van der Waals surface area contributed by atoms with Crippen molar-refractivity contribution in [3.05, 3.63) is 24.8 Å². The van der Waals surface area contributed by atoms with Crippen LogP contribution in [-0.2, 0) is 4.79 Å². The molecule has 0 aromatic heterocycles. The maximum absolute atomic E-state index is 11.7. The predicted molar refractivity (Wildman–Crippen MR) is 97.1 cm³/mol. The van der Waals surface area contributed by atoms with Crippen LogP contribution in [0.1, 0.15) is 64.7 Å². The molecule has 0 amide bonds. The minimum atomic E-state index is 0.299. The molecule has 2 nitrogen and oxygen atoms in total. The summed E-state index contributed by atoms with van der Waals surface area (Å²) in [5.41, 5.74) is 1.79. The lowest BCUT2D eigenvalue weighted by molar-refractivity contribution is -0.116. The molecule has 3 saturated carbocycles. The van der Waals surface area contributed by atoms with Crippen LogP contribution >= 0.6 is 0 Å². The monoisotopic (exact) mass is 325 g/mol. The van der Waals surface area contributed by atoms with Crippen LogP contribution in [0.3, 0.4) is 0 Å². The van der Waals surface area contributed by atoms with Crippen molar-refractivity contribution in [1.29, 1.82) is 5.26 Å². The first-order valence-electron chi connectivity index (χ1n) is 9.82. The first-order valence-corrected chi connectivity index (χ1v) is 9.82. The minimum Gasteiger partial charge on any atom is -0.295 e. The van der Waals surface area contributed by atoms with Gasteiger partial charge in [-0.25, -0.2) is 0 Å². The average molecular weight is 325 g/mol. The molecule has 0 radical (unpaired) electrons. The number of rotatable bonds is 1. The molecule has 2 heteroatoms. The van der Waals surface area contributed by atoms with Gasteiger partial charge in [-0.2, -0.15) is 5.26 Å².